The average molecular weight is 422 g/mol. The molecule has 1 aromatic heterocycles. The number of imidazole rings is 1. The van der Waals surface area contributed by atoms with Gasteiger partial charge in [0.25, 0.3) is 0 Å². The summed E-state index contributed by atoms with van der Waals surface area (Å²) < 4.78 is 57.7. The number of halogens is 5. The van der Waals surface area contributed by atoms with Crippen LogP contribution in [0.5, 0.6) is 0 Å². The third-order valence-electron chi connectivity index (χ3n) is 5.45. The summed E-state index contributed by atoms with van der Waals surface area (Å²) in [5, 5.41) is 0. The Kier molecular flexibility index (Phi) is 5.98. The number of hydrogen-bond acceptors (Lipinski definition) is 2. The van der Waals surface area contributed by atoms with Crippen LogP contribution in [0.3, 0.4) is 0 Å². The minimum absolute atomic E-state index is 0. The number of fused-ring (bicyclic) bond motifs is 1. The zero-order chi connectivity index (χ0) is 18.4. The number of H-pyrrole nitrogens is 1. The van der Waals surface area contributed by atoms with Gasteiger partial charge in [-0.25, -0.2) is 17.6 Å². The fourth-order valence-electron chi connectivity index (χ4n) is 4.13. The summed E-state index contributed by atoms with van der Waals surface area (Å²) in [7, 11) is 0. The number of aromatic amines is 1. The molecule has 2 aromatic rings. The lowest BCUT2D eigenvalue weighted by atomic mass is 9.94. The number of likely N-dealkylation sites (tertiary alicyclic amines) is 1. The Morgan fingerprint density at radius 2 is 1.70 bits per heavy atom. The first kappa shape index (κ1) is 20.4. The van der Waals surface area contributed by atoms with Crippen LogP contribution in [-0.4, -0.2) is 34.1 Å². The number of nitrogens with zero attached hydrogens (tertiary/aromatic N) is 2. The van der Waals surface area contributed by atoms with Crippen molar-refractivity contribution in [1.29, 1.82) is 0 Å². The van der Waals surface area contributed by atoms with Gasteiger partial charge in [0, 0.05) is 48.4 Å². The number of benzene rings is 1. The molecule has 0 radical (unpaired) electrons. The van der Waals surface area contributed by atoms with Crippen LogP contribution < -0.4 is 0 Å². The van der Waals surface area contributed by atoms with Crippen molar-refractivity contribution in [2.24, 2.45) is 0 Å². The molecule has 9 heteroatoms. The zero-order valence-corrected chi connectivity index (χ0v) is 16.2. The van der Waals surface area contributed by atoms with E-state index in [1.807, 2.05) is 0 Å². The zero-order valence-electron chi connectivity index (χ0n) is 14.5. The van der Waals surface area contributed by atoms with Crippen molar-refractivity contribution in [3.63, 3.8) is 0 Å². The van der Waals surface area contributed by atoms with Gasteiger partial charge in [0.05, 0.1) is 0 Å². The Hall–Kier alpha value is -1.38. The molecule has 1 N–H and O–H groups in total. The Bertz CT molecular complexity index is 879. The average Bonchev–Trinajstić information content (AvgIpc) is 3.31. The van der Waals surface area contributed by atoms with Crippen LogP contribution in [0, 0.1) is 28.0 Å². The molecule has 0 amide bonds. The summed E-state index contributed by atoms with van der Waals surface area (Å²) in [6.07, 6.45) is 3.48. The topological polar surface area (TPSA) is 24.0 Å². The van der Waals surface area contributed by atoms with Crippen LogP contribution in [0.1, 0.15) is 35.7 Å². The van der Waals surface area contributed by atoms with Crippen molar-refractivity contribution in [2.45, 2.75) is 38.1 Å². The summed E-state index contributed by atoms with van der Waals surface area (Å²) in [6, 6.07) is 0.247. The van der Waals surface area contributed by atoms with Crippen LogP contribution in [-0.2, 0) is 19.4 Å². The van der Waals surface area contributed by atoms with Crippen molar-refractivity contribution in [3.8, 4) is 0 Å². The third kappa shape index (κ3) is 3.67. The van der Waals surface area contributed by atoms with Gasteiger partial charge in [-0.15, -0.1) is 12.4 Å². The van der Waals surface area contributed by atoms with Crippen molar-refractivity contribution in [2.75, 3.05) is 19.6 Å². The van der Waals surface area contributed by atoms with Gasteiger partial charge in [-0.3, -0.25) is 0 Å². The second-order valence-corrected chi connectivity index (χ2v) is 7.43. The highest BCUT2D eigenvalue weighted by molar-refractivity contribution is 7.71. The van der Waals surface area contributed by atoms with Gasteiger partial charge in [0.2, 0.25) is 0 Å². The van der Waals surface area contributed by atoms with Gasteiger partial charge in [-0.1, -0.05) is 0 Å². The maximum Gasteiger partial charge on any atom is 0.177 e. The molecule has 0 spiro atoms. The van der Waals surface area contributed by atoms with Crippen molar-refractivity contribution >= 4 is 24.6 Å². The second-order valence-electron chi connectivity index (χ2n) is 7.05. The molecule has 2 aliphatic rings. The van der Waals surface area contributed by atoms with Crippen molar-refractivity contribution < 1.29 is 17.6 Å². The lowest BCUT2D eigenvalue weighted by molar-refractivity contribution is 0.342. The van der Waals surface area contributed by atoms with Crippen molar-refractivity contribution in [3.05, 3.63) is 51.1 Å². The normalized spacial score (nSPS) is 19.3. The van der Waals surface area contributed by atoms with E-state index in [1.165, 1.54) is 12.8 Å². The maximum absolute atomic E-state index is 14.1. The summed E-state index contributed by atoms with van der Waals surface area (Å²) in [5.74, 6) is -6.02. The summed E-state index contributed by atoms with van der Waals surface area (Å²) in [5.41, 5.74) is 1.30. The quantitative estimate of drug-likeness (QED) is 0.446. The molecule has 4 rings (SSSR count). The first-order chi connectivity index (χ1) is 12.5. The lowest BCUT2D eigenvalue weighted by Crippen LogP contribution is -2.22. The van der Waals surface area contributed by atoms with E-state index in [0.29, 0.717) is 11.2 Å². The van der Waals surface area contributed by atoms with Crippen LogP contribution in [0.2, 0.25) is 0 Å². The number of hydrogen-bond donors (Lipinski definition) is 1. The fourth-order valence-corrected chi connectivity index (χ4v) is 4.43. The van der Waals surface area contributed by atoms with E-state index >= 15 is 0 Å². The van der Waals surface area contributed by atoms with Gasteiger partial charge in [0.15, 0.2) is 28.0 Å². The third-order valence-corrected chi connectivity index (χ3v) is 5.77. The van der Waals surface area contributed by atoms with E-state index in [0.717, 1.165) is 37.4 Å². The molecule has 1 atom stereocenters. The molecule has 3 heterocycles. The van der Waals surface area contributed by atoms with E-state index in [9.17, 15) is 17.6 Å². The Morgan fingerprint density at radius 1 is 1.07 bits per heavy atom. The van der Waals surface area contributed by atoms with Crippen LogP contribution >= 0.6 is 24.6 Å². The fraction of sp³-hybridized carbons (Fsp3) is 0.500. The van der Waals surface area contributed by atoms with Crippen LogP contribution in [0.25, 0.3) is 0 Å². The van der Waals surface area contributed by atoms with E-state index in [2.05, 4.69) is 9.88 Å². The first-order valence-corrected chi connectivity index (χ1v) is 9.22. The van der Waals surface area contributed by atoms with E-state index in [-0.39, 0.29) is 25.0 Å². The molecule has 0 aliphatic carbocycles. The molecule has 0 unspecified atom stereocenters. The second kappa shape index (κ2) is 7.93. The van der Waals surface area contributed by atoms with Crippen LogP contribution in [0.15, 0.2) is 6.07 Å². The molecule has 27 heavy (non-hydrogen) atoms. The smallest absolute Gasteiger partial charge is 0.177 e. The Labute approximate surface area is 165 Å². The van der Waals surface area contributed by atoms with Gasteiger partial charge in [-0.05, 0) is 44.6 Å². The first-order valence-electron chi connectivity index (χ1n) is 8.81. The predicted octanol–water partition coefficient (Wildman–Crippen LogP) is 4.50. The standard InChI is InChI=1S/C18H19F4N3S.ClH/c19-11-8-12(20)17(22)15(16(11)21)10-7-14-13(23-18(26)25(14)9-10)3-6-24-4-1-2-5-24;/h8,10H,1-7,9H2,(H,23,26);1H/t10-;/m0./s1. The minimum atomic E-state index is -1.37. The monoisotopic (exact) mass is 421 g/mol. The highest BCUT2D eigenvalue weighted by Crippen LogP contribution is 2.36. The van der Waals surface area contributed by atoms with Gasteiger partial charge in [0.1, 0.15) is 0 Å². The summed E-state index contributed by atoms with van der Waals surface area (Å²) in [6.45, 7) is 3.27. The van der Waals surface area contributed by atoms with E-state index < -0.39 is 34.8 Å². The predicted molar refractivity (Wildman–Crippen MR) is 99.0 cm³/mol. The Balaban J connectivity index is 0.00000210. The minimum Gasteiger partial charge on any atom is -0.334 e. The molecular weight excluding hydrogens is 402 g/mol. The highest BCUT2D eigenvalue weighted by atomic mass is 35.5. The molecule has 1 fully saturated rings. The molecular formula is C18H20ClF4N3S. The Morgan fingerprint density at radius 3 is 2.33 bits per heavy atom. The number of aromatic nitrogens is 2. The number of rotatable bonds is 4. The van der Waals surface area contributed by atoms with Crippen LogP contribution in [0.4, 0.5) is 17.6 Å². The summed E-state index contributed by atoms with van der Waals surface area (Å²) >= 11 is 5.33. The molecule has 1 aromatic carbocycles. The lowest BCUT2D eigenvalue weighted by Gasteiger charge is -2.15. The SMILES string of the molecule is Cl.Fc1cc(F)c(F)c([C@H]2Cc3c(CCN4CCCC4)[nH]c(=S)n3C2)c1F. The molecule has 0 bridgehead atoms. The van der Waals surface area contributed by atoms with Crippen molar-refractivity contribution in [1.82, 2.24) is 14.5 Å². The van der Waals surface area contributed by atoms with Gasteiger partial charge < -0.3 is 14.5 Å². The van der Waals surface area contributed by atoms with E-state index in [1.54, 1.807) is 4.57 Å². The van der Waals surface area contributed by atoms with E-state index in [4.69, 9.17) is 12.2 Å². The highest BCUT2D eigenvalue weighted by Gasteiger charge is 2.33. The maximum atomic E-state index is 14.1. The van der Waals surface area contributed by atoms with Gasteiger partial charge >= 0.3 is 0 Å². The molecule has 148 valence electrons. The molecule has 2 aliphatic heterocycles. The molecule has 1 saturated heterocycles. The molecule has 0 saturated carbocycles. The van der Waals surface area contributed by atoms with Gasteiger partial charge in [-0.2, -0.15) is 0 Å². The molecule has 3 nitrogen and oxygen atoms in total. The number of nitrogens with one attached hydrogen (secondary N) is 1. The largest absolute Gasteiger partial charge is 0.334 e. The summed E-state index contributed by atoms with van der Waals surface area (Å²) in [4.78, 5) is 5.55.